The Hall–Kier alpha value is -0.830. The van der Waals surface area contributed by atoms with Crippen LogP contribution < -0.4 is 0 Å². The topological polar surface area (TPSA) is 34.1 Å². The highest BCUT2D eigenvalue weighted by atomic mass is 32.2. The molecular formula is C11H15O2S. The van der Waals surface area contributed by atoms with Crippen LogP contribution in [0.4, 0.5) is 0 Å². The lowest BCUT2D eigenvalue weighted by Gasteiger charge is -2.05. The Labute approximate surface area is 86.9 Å². The van der Waals surface area contributed by atoms with E-state index in [0.717, 1.165) is 24.0 Å². The Morgan fingerprint density at radius 2 is 1.86 bits per heavy atom. The van der Waals surface area contributed by atoms with Gasteiger partial charge in [-0.2, -0.15) is 0 Å². The molecule has 0 atom stereocenters. The first-order chi connectivity index (χ1) is 6.74. The fraction of sp³-hybridized carbons (Fsp3) is 0.364. The van der Waals surface area contributed by atoms with Gasteiger partial charge in [-0.1, -0.05) is 31.2 Å². The van der Waals surface area contributed by atoms with Crippen molar-refractivity contribution in [2.45, 2.75) is 25.5 Å². The number of aryl methyl sites for hydroxylation is 1. The molecule has 0 amide bonds. The quantitative estimate of drug-likeness (QED) is 0.755. The number of hydrogen-bond acceptors (Lipinski definition) is 2. The summed E-state index contributed by atoms with van der Waals surface area (Å²) in [5.41, 5.74) is 2.08. The maximum atomic E-state index is 10.6. The molecule has 1 rings (SSSR count). The molecule has 1 radical (unpaired) electrons. The van der Waals surface area contributed by atoms with Crippen LogP contribution in [0.15, 0.2) is 24.3 Å². The summed E-state index contributed by atoms with van der Waals surface area (Å²) in [7, 11) is -2.32. The lowest BCUT2D eigenvalue weighted by molar-refractivity contribution is 0.613. The van der Waals surface area contributed by atoms with Crippen molar-refractivity contribution in [3.8, 4) is 0 Å². The molecule has 0 heterocycles. The molecule has 3 heteroatoms. The van der Waals surface area contributed by atoms with E-state index in [0.29, 0.717) is 0 Å². The maximum Gasteiger partial charge on any atom is 0.144 e. The zero-order valence-corrected chi connectivity index (χ0v) is 9.17. The Bertz CT molecular complexity index is 348. The van der Waals surface area contributed by atoms with Crippen LogP contribution in [0.1, 0.15) is 24.5 Å². The van der Waals surface area contributed by atoms with Gasteiger partial charge >= 0.3 is 0 Å². The molecule has 0 saturated carbocycles. The predicted octanol–water partition coefficient (Wildman–Crippen LogP) is 1.95. The first kappa shape index (κ1) is 11.2. The van der Waals surface area contributed by atoms with E-state index in [2.05, 4.69) is 6.42 Å². The summed E-state index contributed by atoms with van der Waals surface area (Å²) in [5, 5.41) is 0. The first-order valence-corrected chi connectivity index (χ1v) is 6.06. The minimum Gasteiger partial charge on any atom is -0.232 e. The van der Waals surface area contributed by atoms with Crippen LogP contribution in [0.3, 0.4) is 0 Å². The molecule has 0 spiro atoms. The van der Waals surface area contributed by atoms with Crippen LogP contribution in [0, 0.1) is 6.42 Å². The Kier molecular flexibility index (Phi) is 4.66. The Morgan fingerprint density at radius 1 is 1.21 bits per heavy atom. The maximum absolute atomic E-state index is 10.6. The van der Waals surface area contributed by atoms with Crippen molar-refractivity contribution in [1.29, 1.82) is 0 Å². The lowest BCUT2D eigenvalue weighted by Crippen LogP contribution is -1.95. The van der Waals surface area contributed by atoms with Crippen LogP contribution in [0.2, 0.25) is 0 Å². The number of thiol groups is 1. The lowest BCUT2D eigenvalue weighted by atomic mass is 10.0. The van der Waals surface area contributed by atoms with Gasteiger partial charge in [0.2, 0.25) is 0 Å². The summed E-state index contributed by atoms with van der Waals surface area (Å²) in [4.78, 5) is 0. The largest absolute Gasteiger partial charge is 0.232 e. The highest BCUT2D eigenvalue weighted by Gasteiger charge is 2.01. The van der Waals surface area contributed by atoms with Gasteiger partial charge in [0.25, 0.3) is 0 Å². The zero-order chi connectivity index (χ0) is 10.4. The molecular weight excluding hydrogens is 196 g/mol. The number of unbranched alkanes of at least 4 members (excludes halogenated alkanes) is 1. The molecule has 1 aromatic rings. The summed E-state index contributed by atoms with van der Waals surface area (Å²) in [6.07, 6.45) is 4.01. The van der Waals surface area contributed by atoms with E-state index in [4.69, 9.17) is 0 Å². The molecule has 0 saturated heterocycles. The molecule has 0 aliphatic heterocycles. The third kappa shape index (κ3) is 3.50. The van der Waals surface area contributed by atoms with Crippen molar-refractivity contribution in [3.05, 3.63) is 41.8 Å². The molecule has 0 aromatic heterocycles. The van der Waals surface area contributed by atoms with Gasteiger partial charge in [-0.25, -0.2) is 8.42 Å². The van der Waals surface area contributed by atoms with Crippen molar-refractivity contribution < 1.29 is 8.42 Å². The highest BCUT2D eigenvalue weighted by Crippen LogP contribution is 2.12. The average molecular weight is 211 g/mol. The molecule has 0 aliphatic carbocycles. The molecule has 1 aromatic carbocycles. The van der Waals surface area contributed by atoms with Gasteiger partial charge in [0, 0.05) is 0 Å². The normalized spacial score (nSPS) is 10.7. The van der Waals surface area contributed by atoms with Crippen molar-refractivity contribution in [2.24, 2.45) is 0 Å². The van der Waals surface area contributed by atoms with Crippen molar-refractivity contribution >= 4 is 10.7 Å². The predicted molar refractivity (Wildman–Crippen MR) is 58.8 cm³/mol. The second kappa shape index (κ2) is 5.81. The van der Waals surface area contributed by atoms with E-state index in [1.54, 1.807) is 0 Å². The van der Waals surface area contributed by atoms with E-state index in [1.165, 1.54) is 0 Å². The SMILES string of the molecule is C[CH]CCc1ccccc1C[SH](=O)=O. The fourth-order valence-corrected chi connectivity index (χ4v) is 1.98. The van der Waals surface area contributed by atoms with Gasteiger partial charge in [-0.3, -0.25) is 0 Å². The summed E-state index contributed by atoms with van der Waals surface area (Å²) in [6.45, 7) is 2.01. The van der Waals surface area contributed by atoms with Crippen LogP contribution in [0.5, 0.6) is 0 Å². The number of hydrogen-bond donors (Lipinski definition) is 1. The van der Waals surface area contributed by atoms with Crippen LogP contribution in [-0.4, -0.2) is 8.42 Å². The molecule has 14 heavy (non-hydrogen) atoms. The van der Waals surface area contributed by atoms with Crippen molar-refractivity contribution in [3.63, 3.8) is 0 Å². The Morgan fingerprint density at radius 3 is 2.43 bits per heavy atom. The third-order valence-corrected chi connectivity index (χ3v) is 2.72. The molecule has 0 unspecified atom stereocenters. The van der Waals surface area contributed by atoms with Crippen LogP contribution in [-0.2, 0) is 22.9 Å². The molecule has 0 N–H and O–H groups in total. The first-order valence-electron chi connectivity index (χ1n) is 4.70. The second-order valence-electron chi connectivity index (χ2n) is 3.21. The highest BCUT2D eigenvalue weighted by molar-refractivity contribution is 7.71. The molecule has 0 fully saturated rings. The smallest absolute Gasteiger partial charge is 0.144 e. The molecule has 77 valence electrons. The van der Waals surface area contributed by atoms with E-state index in [1.807, 2.05) is 31.2 Å². The van der Waals surface area contributed by atoms with Crippen LogP contribution in [0.25, 0.3) is 0 Å². The average Bonchev–Trinajstić information content (AvgIpc) is 2.16. The van der Waals surface area contributed by atoms with Crippen molar-refractivity contribution in [1.82, 2.24) is 0 Å². The van der Waals surface area contributed by atoms with Gasteiger partial charge in [0.15, 0.2) is 0 Å². The zero-order valence-electron chi connectivity index (χ0n) is 8.27. The summed E-state index contributed by atoms with van der Waals surface area (Å²) < 4.78 is 21.2. The summed E-state index contributed by atoms with van der Waals surface area (Å²) in [5.74, 6) is 0.162. The van der Waals surface area contributed by atoms with Gasteiger partial charge < -0.3 is 0 Å². The van der Waals surface area contributed by atoms with Gasteiger partial charge in [-0.05, 0) is 30.4 Å². The molecule has 2 nitrogen and oxygen atoms in total. The number of benzene rings is 1. The van der Waals surface area contributed by atoms with E-state index in [9.17, 15) is 8.42 Å². The minimum atomic E-state index is -2.32. The minimum absolute atomic E-state index is 0.162. The second-order valence-corrected chi connectivity index (χ2v) is 4.19. The molecule has 0 bridgehead atoms. The Balaban J connectivity index is 2.79. The van der Waals surface area contributed by atoms with Crippen LogP contribution >= 0.6 is 0 Å². The fourth-order valence-electron chi connectivity index (χ4n) is 1.39. The van der Waals surface area contributed by atoms with Gasteiger partial charge in [-0.15, -0.1) is 0 Å². The van der Waals surface area contributed by atoms with Gasteiger partial charge in [0.05, 0.1) is 5.75 Å². The van der Waals surface area contributed by atoms with E-state index >= 15 is 0 Å². The molecule has 0 aliphatic rings. The summed E-state index contributed by atoms with van der Waals surface area (Å²) in [6, 6.07) is 7.72. The standard InChI is InChI=1S/C11H15O2S/c1-2-3-6-10-7-4-5-8-11(10)9-14(12)13/h2,4-5,7-8,14H,3,6,9H2,1H3. The monoisotopic (exact) mass is 211 g/mol. The summed E-state index contributed by atoms with van der Waals surface area (Å²) >= 11 is 0. The van der Waals surface area contributed by atoms with E-state index < -0.39 is 10.7 Å². The van der Waals surface area contributed by atoms with E-state index in [-0.39, 0.29) is 5.75 Å². The number of rotatable bonds is 5. The van der Waals surface area contributed by atoms with Crippen molar-refractivity contribution in [2.75, 3.05) is 0 Å². The van der Waals surface area contributed by atoms with Gasteiger partial charge in [0.1, 0.15) is 10.7 Å². The third-order valence-electron chi connectivity index (χ3n) is 2.12.